The first-order valence-corrected chi connectivity index (χ1v) is 8.50. The summed E-state index contributed by atoms with van der Waals surface area (Å²) in [4.78, 5) is 1.19. The van der Waals surface area contributed by atoms with E-state index in [1.54, 1.807) is 11.3 Å². The van der Waals surface area contributed by atoms with Crippen LogP contribution in [0.1, 0.15) is 29.8 Å². The highest BCUT2D eigenvalue weighted by Gasteiger charge is 2.17. The van der Waals surface area contributed by atoms with Gasteiger partial charge in [0.15, 0.2) is 0 Å². The van der Waals surface area contributed by atoms with Gasteiger partial charge in [0.05, 0.1) is 11.1 Å². The molecule has 2 aromatic carbocycles. The first-order valence-electron chi connectivity index (χ1n) is 7.24. The molecule has 1 nitrogen and oxygen atoms in total. The fourth-order valence-corrected chi connectivity index (χ4v) is 3.82. The molecule has 1 unspecified atom stereocenters. The van der Waals surface area contributed by atoms with Crippen LogP contribution in [0.4, 0.5) is 0 Å². The van der Waals surface area contributed by atoms with Crippen molar-refractivity contribution >= 4 is 33.7 Å². The van der Waals surface area contributed by atoms with Gasteiger partial charge in [0.1, 0.15) is 0 Å². The van der Waals surface area contributed by atoms with Gasteiger partial charge in [0, 0.05) is 4.88 Å². The Bertz CT molecular complexity index is 735. The van der Waals surface area contributed by atoms with Crippen LogP contribution >= 0.6 is 22.9 Å². The van der Waals surface area contributed by atoms with Gasteiger partial charge in [-0.05, 0) is 46.8 Å². The lowest BCUT2D eigenvalue weighted by Gasteiger charge is -2.19. The van der Waals surface area contributed by atoms with Crippen molar-refractivity contribution in [3.63, 3.8) is 0 Å². The van der Waals surface area contributed by atoms with Crippen molar-refractivity contribution < 1.29 is 0 Å². The number of benzene rings is 2. The van der Waals surface area contributed by atoms with Crippen LogP contribution in [-0.2, 0) is 0 Å². The van der Waals surface area contributed by atoms with Crippen LogP contribution in [0, 0.1) is 0 Å². The first kappa shape index (κ1) is 14.6. The van der Waals surface area contributed by atoms with E-state index in [0.717, 1.165) is 18.0 Å². The predicted octanol–water partition coefficient (Wildman–Crippen LogP) is 5.64. The van der Waals surface area contributed by atoms with Crippen LogP contribution in [0.2, 0.25) is 5.02 Å². The molecule has 0 radical (unpaired) electrons. The smallest absolute Gasteiger partial charge is 0.0686 e. The van der Waals surface area contributed by atoms with Gasteiger partial charge in [-0.25, -0.2) is 0 Å². The molecule has 0 spiro atoms. The van der Waals surface area contributed by atoms with E-state index in [-0.39, 0.29) is 6.04 Å². The molecule has 3 aromatic rings. The molecule has 1 heterocycles. The molecule has 108 valence electrons. The average Bonchev–Trinajstić information content (AvgIpc) is 2.94. The van der Waals surface area contributed by atoms with Gasteiger partial charge in [-0.1, -0.05) is 54.9 Å². The second kappa shape index (κ2) is 6.61. The number of rotatable bonds is 5. The minimum atomic E-state index is 0.169. The number of thiophene rings is 1. The third-order valence-electron chi connectivity index (χ3n) is 3.61. The van der Waals surface area contributed by atoms with Crippen molar-refractivity contribution in [2.45, 2.75) is 19.4 Å². The standard InChI is InChI=1S/C18H18ClNS/c1-2-10-20-17(18-16(19)9-11-21-18)15-8-7-13-5-3-4-6-14(13)12-15/h3-9,11-12,17,20H,2,10H2,1H3. The number of hydrogen-bond acceptors (Lipinski definition) is 2. The molecule has 0 bridgehead atoms. The van der Waals surface area contributed by atoms with E-state index in [4.69, 9.17) is 11.6 Å². The summed E-state index contributed by atoms with van der Waals surface area (Å²) in [5.41, 5.74) is 1.27. The fraction of sp³-hybridized carbons (Fsp3) is 0.222. The third-order valence-corrected chi connectivity index (χ3v) is 5.04. The fourth-order valence-electron chi connectivity index (χ4n) is 2.55. The van der Waals surface area contributed by atoms with Crippen LogP contribution in [0.15, 0.2) is 53.9 Å². The molecule has 0 aliphatic heterocycles. The molecule has 21 heavy (non-hydrogen) atoms. The second-order valence-electron chi connectivity index (χ2n) is 5.13. The van der Waals surface area contributed by atoms with Gasteiger partial charge in [0.25, 0.3) is 0 Å². The maximum atomic E-state index is 6.35. The van der Waals surface area contributed by atoms with E-state index in [0.29, 0.717) is 0 Å². The van der Waals surface area contributed by atoms with Crippen molar-refractivity contribution in [2.24, 2.45) is 0 Å². The van der Waals surface area contributed by atoms with Gasteiger partial charge in [-0.2, -0.15) is 0 Å². The lowest BCUT2D eigenvalue weighted by Crippen LogP contribution is -2.22. The highest BCUT2D eigenvalue weighted by Crippen LogP contribution is 2.34. The molecule has 0 fully saturated rings. The van der Waals surface area contributed by atoms with E-state index in [1.165, 1.54) is 21.2 Å². The molecule has 0 amide bonds. The van der Waals surface area contributed by atoms with Crippen molar-refractivity contribution in [3.05, 3.63) is 69.4 Å². The Hall–Kier alpha value is -1.35. The van der Waals surface area contributed by atoms with Crippen LogP contribution in [-0.4, -0.2) is 6.54 Å². The maximum Gasteiger partial charge on any atom is 0.0686 e. The Morgan fingerprint density at radius 1 is 1.10 bits per heavy atom. The molecule has 3 rings (SSSR count). The highest BCUT2D eigenvalue weighted by molar-refractivity contribution is 7.10. The lowest BCUT2D eigenvalue weighted by molar-refractivity contribution is 0.606. The Balaban J connectivity index is 2.03. The number of nitrogens with one attached hydrogen (secondary N) is 1. The Morgan fingerprint density at radius 3 is 2.62 bits per heavy atom. The highest BCUT2D eigenvalue weighted by atomic mass is 35.5. The molecule has 0 aliphatic rings. The minimum absolute atomic E-state index is 0.169. The van der Waals surface area contributed by atoms with Crippen molar-refractivity contribution in [1.82, 2.24) is 5.32 Å². The third kappa shape index (κ3) is 3.13. The molecule has 1 aromatic heterocycles. The molecule has 0 saturated carbocycles. The maximum absolute atomic E-state index is 6.35. The SMILES string of the molecule is CCCNC(c1ccc2ccccc2c1)c1sccc1Cl. The summed E-state index contributed by atoms with van der Waals surface area (Å²) in [5.74, 6) is 0. The van der Waals surface area contributed by atoms with E-state index in [1.807, 2.05) is 6.07 Å². The summed E-state index contributed by atoms with van der Waals surface area (Å²) in [5, 5.41) is 9.06. The zero-order chi connectivity index (χ0) is 14.7. The van der Waals surface area contributed by atoms with E-state index in [9.17, 15) is 0 Å². The van der Waals surface area contributed by atoms with Crippen LogP contribution in [0.5, 0.6) is 0 Å². The van der Waals surface area contributed by atoms with Gasteiger partial charge in [0.2, 0.25) is 0 Å². The summed E-state index contributed by atoms with van der Waals surface area (Å²) in [6.45, 7) is 3.16. The Kier molecular flexibility index (Phi) is 4.59. The van der Waals surface area contributed by atoms with Gasteiger partial charge < -0.3 is 5.32 Å². The van der Waals surface area contributed by atoms with E-state index >= 15 is 0 Å². The molecular formula is C18H18ClNS. The molecule has 1 atom stereocenters. The monoisotopic (exact) mass is 315 g/mol. The van der Waals surface area contributed by atoms with Crippen molar-refractivity contribution in [2.75, 3.05) is 6.54 Å². The normalized spacial score (nSPS) is 12.7. The van der Waals surface area contributed by atoms with Crippen molar-refractivity contribution in [1.29, 1.82) is 0 Å². The summed E-state index contributed by atoms with van der Waals surface area (Å²) < 4.78 is 0. The summed E-state index contributed by atoms with van der Waals surface area (Å²) in [7, 11) is 0. The molecule has 3 heteroatoms. The van der Waals surface area contributed by atoms with Gasteiger partial charge >= 0.3 is 0 Å². The van der Waals surface area contributed by atoms with E-state index in [2.05, 4.69) is 60.1 Å². The minimum Gasteiger partial charge on any atom is -0.306 e. The molecule has 1 N–H and O–H groups in total. The lowest BCUT2D eigenvalue weighted by atomic mass is 10.0. The molecule has 0 aliphatic carbocycles. The summed E-state index contributed by atoms with van der Waals surface area (Å²) in [6.07, 6.45) is 1.10. The van der Waals surface area contributed by atoms with Crippen LogP contribution < -0.4 is 5.32 Å². The van der Waals surface area contributed by atoms with Crippen molar-refractivity contribution in [3.8, 4) is 0 Å². The topological polar surface area (TPSA) is 12.0 Å². The van der Waals surface area contributed by atoms with Crippen LogP contribution in [0.25, 0.3) is 10.8 Å². The van der Waals surface area contributed by atoms with Crippen LogP contribution in [0.3, 0.4) is 0 Å². The Labute approximate surface area is 134 Å². The summed E-state index contributed by atoms with van der Waals surface area (Å²) in [6, 6.07) is 17.3. The molecule has 0 saturated heterocycles. The Morgan fingerprint density at radius 2 is 1.90 bits per heavy atom. The zero-order valence-electron chi connectivity index (χ0n) is 12.0. The number of hydrogen-bond donors (Lipinski definition) is 1. The predicted molar refractivity (Wildman–Crippen MR) is 93.4 cm³/mol. The second-order valence-corrected chi connectivity index (χ2v) is 6.48. The zero-order valence-corrected chi connectivity index (χ0v) is 13.5. The first-order chi connectivity index (χ1) is 10.3. The largest absolute Gasteiger partial charge is 0.306 e. The number of fused-ring (bicyclic) bond motifs is 1. The molecular weight excluding hydrogens is 298 g/mol. The van der Waals surface area contributed by atoms with Gasteiger partial charge in [-0.15, -0.1) is 11.3 Å². The quantitative estimate of drug-likeness (QED) is 0.642. The average molecular weight is 316 g/mol. The van der Waals surface area contributed by atoms with E-state index < -0.39 is 0 Å². The summed E-state index contributed by atoms with van der Waals surface area (Å²) >= 11 is 8.07. The van der Waals surface area contributed by atoms with Gasteiger partial charge in [-0.3, -0.25) is 0 Å². The number of halogens is 1.